The summed E-state index contributed by atoms with van der Waals surface area (Å²) in [5.41, 5.74) is 1.64. The number of halogens is 1. The summed E-state index contributed by atoms with van der Waals surface area (Å²) in [7, 11) is 0. The Morgan fingerprint density at radius 3 is 2.74 bits per heavy atom. The molecule has 2 aromatic rings. The molecule has 0 radical (unpaired) electrons. The van der Waals surface area contributed by atoms with E-state index in [0.717, 1.165) is 25.9 Å². The fraction of sp³-hybridized carbons (Fsp3) is 0.444. The Hall–Kier alpha value is -2.45. The van der Waals surface area contributed by atoms with Gasteiger partial charge in [-0.3, -0.25) is 9.59 Å². The van der Waals surface area contributed by atoms with Crippen molar-refractivity contribution < 1.29 is 9.59 Å². The van der Waals surface area contributed by atoms with Gasteiger partial charge in [0.05, 0.1) is 23.0 Å². The largest absolute Gasteiger partial charge is 0.352 e. The van der Waals surface area contributed by atoms with E-state index in [-0.39, 0.29) is 17.6 Å². The number of carbonyl (C=O) groups is 2. The Morgan fingerprint density at radius 2 is 2.04 bits per heavy atom. The first kappa shape index (κ1) is 19.3. The van der Waals surface area contributed by atoms with Crippen molar-refractivity contribution in [2.45, 2.75) is 32.7 Å². The fourth-order valence-corrected chi connectivity index (χ4v) is 3.38. The van der Waals surface area contributed by atoms with E-state index in [1.165, 1.54) is 0 Å². The first-order valence-electron chi connectivity index (χ1n) is 9.02. The molecule has 1 saturated heterocycles. The van der Waals surface area contributed by atoms with Gasteiger partial charge in [-0.05, 0) is 58.0 Å². The summed E-state index contributed by atoms with van der Waals surface area (Å²) in [6, 6.07) is 4.98. The lowest BCUT2D eigenvalue weighted by atomic mass is 10.1. The van der Waals surface area contributed by atoms with E-state index in [4.69, 9.17) is 11.6 Å². The summed E-state index contributed by atoms with van der Waals surface area (Å²) >= 11 is 6.04. The molecule has 1 fully saturated rings. The first-order valence-corrected chi connectivity index (χ1v) is 9.40. The van der Waals surface area contributed by atoms with Crippen LogP contribution in [0.25, 0.3) is 0 Å². The standard InChI is InChI=1S/C18H23ClN6O2/c1-3-21-17(26)14-5-4-12(19)10-15(14)22-18(27)16-11(2)25(24-23-16)13-6-8-20-9-7-13/h4-5,10,13,20H,3,6-9H2,1-2H3,(H,21,26)(H,22,27). The molecular weight excluding hydrogens is 368 g/mol. The number of nitrogens with zero attached hydrogens (tertiary/aromatic N) is 3. The second-order valence-electron chi connectivity index (χ2n) is 6.45. The maximum Gasteiger partial charge on any atom is 0.278 e. The van der Waals surface area contributed by atoms with Crippen molar-refractivity contribution in [2.75, 3.05) is 25.0 Å². The Bertz CT molecular complexity index is 844. The van der Waals surface area contributed by atoms with E-state index in [1.807, 2.05) is 18.5 Å². The zero-order valence-corrected chi connectivity index (χ0v) is 16.1. The molecule has 0 bridgehead atoms. The molecule has 1 aliphatic rings. The molecule has 1 aliphatic heterocycles. The quantitative estimate of drug-likeness (QED) is 0.726. The van der Waals surface area contributed by atoms with Crippen LogP contribution in [0.1, 0.15) is 52.3 Å². The minimum absolute atomic E-state index is 0.234. The topological polar surface area (TPSA) is 101 Å². The Kier molecular flexibility index (Phi) is 6.08. The number of piperidine rings is 1. The molecule has 144 valence electrons. The van der Waals surface area contributed by atoms with Gasteiger partial charge in [0, 0.05) is 11.6 Å². The van der Waals surface area contributed by atoms with Crippen molar-refractivity contribution in [3.05, 3.63) is 40.2 Å². The highest BCUT2D eigenvalue weighted by molar-refractivity contribution is 6.31. The second-order valence-corrected chi connectivity index (χ2v) is 6.89. The number of amides is 2. The van der Waals surface area contributed by atoms with Crippen LogP contribution in [-0.2, 0) is 0 Å². The highest BCUT2D eigenvalue weighted by atomic mass is 35.5. The molecule has 0 aliphatic carbocycles. The summed E-state index contributed by atoms with van der Waals surface area (Å²) < 4.78 is 1.82. The maximum absolute atomic E-state index is 12.8. The molecule has 2 heterocycles. The van der Waals surface area contributed by atoms with Crippen molar-refractivity contribution in [1.82, 2.24) is 25.6 Å². The predicted octanol–water partition coefficient (Wildman–Crippen LogP) is 2.17. The molecule has 27 heavy (non-hydrogen) atoms. The Morgan fingerprint density at radius 1 is 1.30 bits per heavy atom. The third-order valence-corrected chi connectivity index (χ3v) is 4.84. The van der Waals surface area contributed by atoms with Gasteiger partial charge < -0.3 is 16.0 Å². The zero-order chi connectivity index (χ0) is 19.4. The summed E-state index contributed by atoms with van der Waals surface area (Å²) in [4.78, 5) is 25.0. The second kappa shape index (κ2) is 8.49. The third-order valence-electron chi connectivity index (χ3n) is 4.61. The van der Waals surface area contributed by atoms with Crippen LogP contribution in [0.2, 0.25) is 5.02 Å². The van der Waals surface area contributed by atoms with Gasteiger partial charge in [-0.1, -0.05) is 16.8 Å². The zero-order valence-electron chi connectivity index (χ0n) is 15.4. The molecule has 9 heteroatoms. The van der Waals surface area contributed by atoms with E-state index >= 15 is 0 Å². The number of aromatic nitrogens is 3. The maximum atomic E-state index is 12.8. The number of hydrogen-bond donors (Lipinski definition) is 3. The van der Waals surface area contributed by atoms with Gasteiger partial charge in [0.2, 0.25) is 0 Å². The van der Waals surface area contributed by atoms with Crippen LogP contribution in [0, 0.1) is 6.92 Å². The molecule has 2 amide bonds. The smallest absolute Gasteiger partial charge is 0.278 e. The third kappa shape index (κ3) is 4.28. The van der Waals surface area contributed by atoms with Crippen LogP contribution >= 0.6 is 11.6 Å². The lowest BCUT2D eigenvalue weighted by Gasteiger charge is -2.23. The molecule has 0 saturated carbocycles. The number of rotatable bonds is 5. The Balaban J connectivity index is 1.83. The number of anilines is 1. The van der Waals surface area contributed by atoms with E-state index < -0.39 is 5.91 Å². The van der Waals surface area contributed by atoms with Gasteiger partial charge in [0.25, 0.3) is 11.8 Å². The van der Waals surface area contributed by atoms with Gasteiger partial charge in [-0.2, -0.15) is 0 Å². The van der Waals surface area contributed by atoms with Crippen LogP contribution in [-0.4, -0.2) is 46.4 Å². The summed E-state index contributed by atoms with van der Waals surface area (Å²) in [6.07, 6.45) is 1.89. The first-order chi connectivity index (χ1) is 13.0. The van der Waals surface area contributed by atoms with Crippen molar-refractivity contribution in [3.8, 4) is 0 Å². The molecule has 1 aromatic heterocycles. The average molecular weight is 391 g/mol. The van der Waals surface area contributed by atoms with Crippen LogP contribution < -0.4 is 16.0 Å². The highest BCUT2D eigenvalue weighted by Crippen LogP contribution is 2.24. The lowest BCUT2D eigenvalue weighted by Crippen LogP contribution is -2.30. The fourth-order valence-electron chi connectivity index (χ4n) is 3.20. The van der Waals surface area contributed by atoms with Gasteiger partial charge in [0.1, 0.15) is 0 Å². The lowest BCUT2D eigenvalue weighted by molar-refractivity contribution is 0.0956. The van der Waals surface area contributed by atoms with Crippen molar-refractivity contribution in [1.29, 1.82) is 0 Å². The normalized spacial score (nSPS) is 14.8. The molecule has 1 aromatic carbocycles. The number of carbonyl (C=O) groups excluding carboxylic acids is 2. The highest BCUT2D eigenvalue weighted by Gasteiger charge is 2.24. The number of nitrogens with one attached hydrogen (secondary N) is 3. The number of benzene rings is 1. The van der Waals surface area contributed by atoms with Crippen molar-refractivity contribution >= 4 is 29.1 Å². The minimum Gasteiger partial charge on any atom is -0.352 e. The SMILES string of the molecule is CCNC(=O)c1ccc(Cl)cc1NC(=O)c1nnn(C2CCNCC2)c1C. The molecule has 8 nitrogen and oxygen atoms in total. The minimum atomic E-state index is -0.416. The predicted molar refractivity (Wildman–Crippen MR) is 103 cm³/mol. The molecule has 3 N–H and O–H groups in total. The average Bonchev–Trinajstić information content (AvgIpc) is 3.04. The van der Waals surface area contributed by atoms with Gasteiger partial charge >= 0.3 is 0 Å². The molecule has 0 atom stereocenters. The summed E-state index contributed by atoms with van der Waals surface area (Å²) in [6.45, 7) is 5.99. The molecular formula is C18H23ClN6O2. The van der Waals surface area contributed by atoms with E-state index in [9.17, 15) is 9.59 Å². The van der Waals surface area contributed by atoms with E-state index in [1.54, 1.807) is 18.2 Å². The number of hydrogen-bond acceptors (Lipinski definition) is 5. The molecule has 0 spiro atoms. The summed E-state index contributed by atoms with van der Waals surface area (Å²) in [5.74, 6) is -0.694. The molecule has 0 unspecified atom stereocenters. The van der Waals surface area contributed by atoms with Crippen LogP contribution in [0.5, 0.6) is 0 Å². The molecule has 3 rings (SSSR count). The van der Waals surface area contributed by atoms with E-state index in [2.05, 4.69) is 26.3 Å². The van der Waals surface area contributed by atoms with Gasteiger partial charge in [-0.25, -0.2) is 4.68 Å². The van der Waals surface area contributed by atoms with Crippen molar-refractivity contribution in [3.63, 3.8) is 0 Å². The van der Waals surface area contributed by atoms with Crippen LogP contribution in [0.4, 0.5) is 5.69 Å². The van der Waals surface area contributed by atoms with Gasteiger partial charge in [-0.15, -0.1) is 5.10 Å². The van der Waals surface area contributed by atoms with E-state index in [0.29, 0.717) is 28.5 Å². The van der Waals surface area contributed by atoms with Gasteiger partial charge in [0.15, 0.2) is 5.69 Å². The van der Waals surface area contributed by atoms with Crippen LogP contribution in [0.3, 0.4) is 0 Å². The monoisotopic (exact) mass is 390 g/mol. The van der Waals surface area contributed by atoms with Crippen LogP contribution in [0.15, 0.2) is 18.2 Å². The summed E-state index contributed by atoms with van der Waals surface area (Å²) in [5, 5.41) is 17.5. The van der Waals surface area contributed by atoms with Crippen molar-refractivity contribution in [2.24, 2.45) is 0 Å². The Labute approximate surface area is 162 Å².